The summed E-state index contributed by atoms with van der Waals surface area (Å²) in [7, 11) is 3.87. The van der Waals surface area contributed by atoms with E-state index in [1.54, 1.807) is 18.4 Å². The normalized spacial score (nSPS) is 15.8. The van der Waals surface area contributed by atoms with Crippen LogP contribution in [0.1, 0.15) is 30.3 Å². The minimum absolute atomic E-state index is 0.594. The molecule has 0 radical (unpaired) electrons. The van der Waals surface area contributed by atoms with E-state index in [1.807, 2.05) is 0 Å². The molecular formula is C15H28N4OS. The Morgan fingerprint density at radius 3 is 2.81 bits per heavy atom. The quantitative estimate of drug-likeness (QED) is 0.754. The third-order valence-corrected chi connectivity index (χ3v) is 5.07. The largest absolute Gasteiger partial charge is 0.378 e. The van der Waals surface area contributed by atoms with Crippen LogP contribution in [0.2, 0.25) is 0 Å². The van der Waals surface area contributed by atoms with Gasteiger partial charge in [-0.1, -0.05) is 6.92 Å². The van der Waals surface area contributed by atoms with E-state index in [4.69, 9.17) is 9.72 Å². The third-order valence-electron chi connectivity index (χ3n) is 3.86. The van der Waals surface area contributed by atoms with E-state index in [1.165, 1.54) is 30.8 Å². The summed E-state index contributed by atoms with van der Waals surface area (Å²) < 4.78 is 5.27. The number of anilines is 1. The minimum Gasteiger partial charge on any atom is -0.378 e. The average Bonchev–Trinajstić information content (AvgIpc) is 3.13. The van der Waals surface area contributed by atoms with Gasteiger partial charge in [0.2, 0.25) is 0 Å². The number of hydrogen-bond acceptors (Lipinski definition) is 6. The van der Waals surface area contributed by atoms with Gasteiger partial charge in [-0.25, -0.2) is 4.98 Å². The Bertz CT molecular complexity index is 418. The second-order valence-corrected chi connectivity index (χ2v) is 6.61. The topological polar surface area (TPSA) is 40.6 Å². The first-order valence-corrected chi connectivity index (χ1v) is 8.68. The molecule has 21 heavy (non-hydrogen) atoms. The van der Waals surface area contributed by atoms with Crippen LogP contribution in [-0.2, 0) is 17.9 Å². The number of hydrogen-bond donors (Lipinski definition) is 1. The Hall–Kier alpha value is -0.690. The predicted molar refractivity (Wildman–Crippen MR) is 89.2 cm³/mol. The molecule has 1 fully saturated rings. The van der Waals surface area contributed by atoms with E-state index in [-0.39, 0.29) is 0 Å². The van der Waals surface area contributed by atoms with E-state index in [0.29, 0.717) is 6.61 Å². The zero-order valence-corrected chi connectivity index (χ0v) is 14.3. The maximum Gasteiger partial charge on any atom is 0.185 e. The van der Waals surface area contributed by atoms with Gasteiger partial charge in [-0.3, -0.25) is 0 Å². The number of nitrogens with one attached hydrogen (secondary N) is 1. The van der Waals surface area contributed by atoms with Gasteiger partial charge in [0.05, 0.1) is 12.3 Å². The molecule has 0 spiro atoms. The SMILES string of the molecule is CCNCc1sc(N(C)CCN2CCCC2)nc1COC. The highest BCUT2D eigenvalue weighted by Crippen LogP contribution is 2.26. The van der Waals surface area contributed by atoms with Crippen molar-refractivity contribution in [2.75, 3.05) is 51.8 Å². The lowest BCUT2D eigenvalue weighted by Gasteiger charge is -2.20. The molecule has 0 amide bonds. The minimum atomic E-state index is 0.594. The van der Waals surface area contributed by atoms with E-state index >= 15 is 0 Å². The van der Waals surface area contributed by atoms with Crippen molar-refractivity contribution in [3.05, 3.63) is 10.6 Å². The van der Waals surface area contributed by atoms with Crippen molar-refractivity contribution in [1.82, 2.24) is 15.2 Å². The molecule has 0 aromatic carbocycles. The molecule has 5 nitrogen and oxygen atoms in total. The van der Waals surface area contributed by atoms with Gasteiger partial charge in [-0.15, -0.1) is 11.3 Å². The highest BCUT2D eigenvalue weighted by molar-refractivity contribution is 7.15. The van der Waals surface area contributed by atoms with Crippen LogP contribution in [0.25, 0.3) is 0 Å². The fourth-order valence-electron chi connectivity index (χ4n) is 2.55. The first-order valence-electron chi connectivity index (χ1n) is 7.86. The van der Waals surface area contributed by atoms with Crippen LogP contribution in [0.4, 0.5) is 5.13 Å². The first-order chi connectivity index (χ1) is 10.2. The molecular weight excluding hydrogens is 284 g/mol. The molecule has 0 bridgehead atoms. The number of nitrogens with zero attached hydrogens (tertiary/aromatic N) is 3. The molecule has 0 saturated carbocycles. The molecule has 1 aliphatic rings. The molecule has 0 unspecified atom stereocenters. The Kier molecular flexibility index (Phi) is 6.89. The lowest BCUT2D eigenvalue weighted by atomic mass is 10.3. The van der Waals surface area contributed by atoms with Crippen molar-refractivity contribution in [3.8, 4) is 0 Å². The molecule has 2 rings (SSSR count). The number of likely N-dealkylation sites (tertiary alicyclic amines) is 1. The van der Waals surface area contributed by atoms with Crippen LogP contribution in [-0.4, -0.2) is 56.8 Å². The van der Waals surface area contributed by atoms with Gasteiger partial charge >= 0.3 is 0 Å². The van der Waals surface area contributed by atoms with Crippen molar-refractivity contribution in [3.63, 3.8) is 0 Å². The van der Waals surface area contributed by atoms with Gasteiger partial charge in [0.15, 0.2) is 5.13 Å². The van der Waals surface area contributed by atoms with E-state index < -0.39 is 0 Å². The van der Waals surface area contributed by atoms with Crippen molar-refractivity contribution in [2.24, 2.45) is 0 Å². The Morgan fingerprint density at radius 2 is 2.14 bits per heavy atom. The van der Waals surface area contributed by atoms with E-state index in [0.717, 1.165) is 37.0 Å². The Balaban J connectivity index is 1.93. The summed E-state index contributed by atoms with van der Waals surface area (Å²) >= 11 is 1.78. The molecule has 2 heterocycles. The monoisotopic (exact) mass is 312 g/mol. The summed E-state index contributed by atoms with van der Waals surface area (Å²) in [5.41, 5.74) is 1.08. The summed E-state index contributed by atoms with van der Waals surface area (Å²) in [6.45, 7) is 9.27. The number of rotatable bonds is 9. The lowest BCUT2D eigenvalue weighted by molar-refractivity contribution is 0.181. The smallest absolute Gasteiger partial charge is 0.185 e. The maximum atomic E-state index is 5.27. The molecule has 1 aliphatic heterocycles. The molecule has 1 N–H and O–H groups in total. The van der Waals surface area contributed by atoms with Gasteiger partial charge in [-0.05, 0) is 32.5 Å². The molecule has 1 aromatic rings. The zero-order valence-electron chi connectivity index (χ0n) is 13.5. The van der Waals surface area contributed by atoms with Crippen LogP contribution in [0.15, 0.2) is 0 Å². The van der Waals surface area contributed by atoms with Crippen LogP contribution < -0.4 is 10.2 Å². The number of ether oxygens (including phenoxy) is 1. The van der Waals surface area contributed by atoms with Crippen LogP contribution >= 0.6 is 11.3 Å². The van der Waals surface area contributed by atoms with Crippen LogP contribution in [0.5, 0.6) is 0 Å². The van der Waals surface area contributed by atoms with Gasteiger partial charge in [0, 0.05) is 38.7 Å². The second-order valence-electron chi connectivity index (χ2n) is 5.55. The molecule has 1 aromatic heterocycles. The van der Waals surface area contributed by atoms with E-state index in [2.05, 4.69) is 29.1 Å². The van der Waals surface area contributed by atoms with Crippen molar-refractivity contribution in [2.45, 2.75) is 32.9 Å². The molecule has 120 valence electrons. The average molecular weight is 312 g/mol. The maximum absolute atomic E-state index is 5.27. The van der Waals surface area contributed by atoms with Crippen molar-refractivity contribution < 1.29 is 4.74 Å². The highest BCUT2D eigenvalue weighted by atomic mass is 32.1. The lowest BCUT2D eigenvalue weighted by Crippen LogP contribution is -2.31. The van der Waals surface area contributed by atoms with Crippen molar-refractivity contribution >= 4 is 16.5 Å². The molecule has 0 aliphatic carbocycles. The van der Waals surface area contributed by atoms with Gasteiger partial charge in [0.25, 0.3) is 0 Å². The first kappa shape index (κ1) is 16.7. The predicted octanol–water partition coefficient (Wildman–Crippen LogP) is 1.93. The Morgan fingerprint density at radius 1 is 1.38 bits per heavy atom. The third kappa shape index (κ3) is 4.92. The standard InChI is InChI=1S/C15H28N4OS/c1-4-16-11-14-13(12-20-3)17-15(21-14)18(2)9-10-19-7-5-6-8-19/h16H,4-12H2,1-3H3. The van der Waals surface area contributed by atoms with Gasteiger partial charge in [-0.2, -0.15) is 0 Å². The second kappa shape index (κ2) is 8.68. The summed E-state index contributed by atoms with van der Waals surface area (Å²) in [5, 5.41) is 4.49. The fraction of sp³-hybridized carbons (Fsp3) is 0.800. The summed E-state index contributed by atoms with van der Waals surface area (Å²) in [4.78, 5) is 10.9. The van der Waals surface area contributed by atoms with Crippen molar-refractivity contribution in [1.29, 1.82) is 0 Å². The number of methoxy groups -OCH3 is 1. The molecule has 0 atom stereocenters. The highest BCUT2D eigenvalue weighted by Gasteiger charge is 2.16. The summed E-state index contributed by atoms with van der Waals surface area (Å²) in [6, 6.07) is 0. The van der Waals surface area contributed by atoms with Gasteiger partial charge in [0.1, 0.15) is 0 Å². The summed E-state index contributed by atoms with van der Waals surface area (Å²) in [5.74, 6) is 0. The molecule has 6 heteroatoms. The van der Waals surface area contributed by atoms with Crippen LogP contribution in [0.3, 0.4) is 0 Å². The van der Waals surface area contributed by atoms with Crippen LogP contribution in [0, 0.1) is 0 Å². The number of likely N-dealkylation sites (N-methyl/N-ethyl adjacent to an activating group) is 1. The molecule has 1 saturated heterocycles. The summed E-state index contributed by atoms with van der Waals surface area (Å²) in [6.07, 6.45) is 2.71. The number of thiazole rings is 1. The fourth-order valence-corrected chi connectivity index (χ4v) is 3.57. The zero-order chi connectivity index (χ0) is 15.1. The Labute approximate surface area is 132 Å². The van der Waals surface area contributed by atoms with Gasteiger partial charge < -0.3 is 19.9 Å². The number of aromatic nitrogens is 1. The van der Waals surface area contributed by atoms with E-state index in [9.17, 15) is 0 Å².